The maximum absolute atomic E-state index is 14.5. The summed E-state index contributed by atoms with van der Waals surface area (Å²) in [7, 11) is 1.42. The molecule has 0 unspecified atom stereocenters. The van der Waals surface area contributed by atoms with Crippen LogP contribution in [0.4, 0.5) is 18.9 Å². The zero-order valence-electron chi connectivity index (χ0n) is 19.0. The van der Waals surface area contributed by atoms with Gasteiger partial charge in [-0.3, -0.25) is 9.59 Å². The highest BCUT2D eigenvalue weighted by Gasteiger charge is 2.42. The third-order valence-electron chi connectivity index (χ3n) is 5.59. The average molecular weight is 535 g/mol. The van der Waals surface area contributed by atoms with E-state index in [0.717, 1.165) is 4.57 Å². The minimum Gasteiger partial charge on any atom is -0.497 e. The molecule has 1 N–H and O–H groups in total. The summed E-state index contributed by atoms with van der Waals surface area (Å²) in [5, 5.41) is 2.88. The summed E-state index contributed by atoms with van der Waals surface area (Å²) in [6, 6.07) is 15.2. The highest BCUT2D eigenvalue weighted by atomic mass is 35.5. The molecule has 36 heavy (non-hydrogen) atoms. The lowest BCUT2D eigenvalue weighted by Crippen LogP contribution is -2.26. The molecule has 0 atom stereocenters. The zero-order chi connectivity index (χ0) is 26.2. The number of anilines is 1. The fourth-order valence-electron chi connectivity index (χ4n) is 3.98. The molecule has 0 saturated carbocycles. The number of halogens is 5. The second-order valence-corrected chi connectivity index (χ2v) is 8.92. The second kappa shape index (κ2) is 9.87. The average Bonchev–Trinajstić information content (AvgIpc) is 3.14. The first kappa shape index (κ1) is 25.6. The third kappa shape index (κ3) is 5.05. The van der Waals surface area contributed by atoms with Crippen LogP contribution in [-0.4, -0.2) is 23.4 Å². The molecule has 0 fully saturated rings. The molecule has 0 aliphatic rings. The molecule has 5 nitrogen and oxygen atoms in total. The van der Waals surface area contributed by atoms with Crippen molar-refractivity contribution in [1.29, 1.82) is 0 Å². The molecule has 3 aromatic carbocycles. The largest absolute Gasteiger partial charge is 0.497 e. The molecule has 0 spiro atoms. The number of nitrogens with zero attached hydrogens (tertiary/aromatic N) is 1. The first-order chi connectivity index (χ1) is 17.0. The Morgan fingerprint density at radius 3 is 2.44 bits per heavy atom. The van der Waals surface area contributed by atoms with Gasteiger partial charge in [-0.15, -0.1) is 0 Å². The van der Waals surface area contributed by atoms with E-state index < -0.39 is 29.1 Å². The number of nitrogens with one attached hydrogen (secondary N) is 1. The number of aromatic nitrogens is 1. The molecule has 1 aromatic heterocycles. The maximum atomic E-state index is 14.5. The Morgan fingerprint density at radius 1 is 1.03 bits per heavy atom. The lowest BCUT2D eigenvalue weighted by molar-refractivity contribution is -0.143. The van der Waals surface area contributed by atoms with Gasteiger partial charge in [0.15, 0.2) is 0 Å². The number of methoxy groups -OCH3 is 1. The molecule has 0 saturated heterocycles. The summed E-state index contributed by atoms with van der Waals surface area (Å²) in [5.41, 5.74) is -0.638. The van der Waals surface area contributed by atoms with E-state index in [4.69, 9.17) is 27.9 Å². The smallest absolute Gasteiger partial charge is 0.432 e. The number of rotatable bonds is 6. The molecule has 4 rings (SSSR count). The minimum absolute atomic E-state index is 0.0122. The Balaban J connectivity index is 1.87. The number of alkyl halides is 3. The third-order valence-corrected chi connectivity index (χ3v) is 6.18. The Kier molecular flexibility index (Phi) is 7.02. The molecule has 0 aliphatic carbocycles. The van der Waals surface area contributed by atoms with Gasteiger partial charge in [-0.2, -0.15) is 13.2 Å². The van der Waals surface area contributed by atoms with E-state index in [9.17, 15) is 22.8 Å². The van der Waals surface area contributed by atoms with Gasteiger partial charge in [-0.1, -0.05) is 47.0 Å². The first-order valence-electron chi connectivity index (χ1n) is 10.6. The number of hydrogen-bond acceptors (Lipinski definition) is 3. The van der Waals surface area contributed by atoms with Gasteiger partial charge in [-0.25, -0.2) is 0 Å². The van der Waals surface area contributed by atoms with E-state index in [1.807, 2.05) is 0 Å². The van der Waals surface area contributed by atoms with Gasteiger partial charge in [-0.05, 0) is 48.9 Å². The molecule has 1 amide bonds. The number of ketones is 1. The molecular weight excluding hydrogens is 516 g/mol. The lowest BCUT2D eigenvalue weighted by atomic mass is 10.0. The summed E-state index contributed by atoms with van der Waals surface area (Å²) in [6.07, 6.45) is -4.95. The normalized spacial score (nSPS) is 11.5. The van der Waals surface area contributed by atoms with Crippen LogP contribution in [0.15, 0.2) is 60.7 Å². The van der Waals surface area contributed by atoms with Crippen LogP contribution >= 0.6 is 23.2 Å². The standard InChI is InChI=1S/C26H19Cl2F3N2O3/c1-14-6-9-21-19(10-14)22(23(34)25(35)32-17-4-3-5-18(12-17)36-2)24(26(29,30)31)33(21)13-15-7-8-16(27)11-20(15)28/h3-12H,13H2,1-2H3,(H,32,35). The Hall–Kier alpha value is -3.49. The monoisotopic (exact) mass is 534 g/mol. The van der Waals surface area contributed by atoms with Crippen LogP contribution in [0.25, 0.3) is 10.9 Å². The quantitative estimate of drug-likeness (QED) is 0.211. The fourth-order valence-corrected chi connectivity index (χ4v) is 4.45. The lowest BCUT2D eigenvalue weighted by Gasteiger charge is -2.16. The van der Waals surface area contributed by atoms with Crippen LogP contribution in [0, 0.1) is 6.92 Å². The van der Waals surface area contributed by atoms with Crippen molar-refractivity contribution in [2.24, 2.45) is 0 Å². The number of aryl methyl sites for hydroxylation is 1. The van der Waals surface area contributed by atoms with Gasteiger partial charge in [0.2, 0.25) is 0 Å². The summed E-state index contributed by atoms with van der Waals surface area (Å²) in [4.78, 5) is 26.1. The van der Waals surface area contributed by atoms with Gasteiger partial charge in [0.25, 0.3) is 11.7 Å². The van der Waals surface area contributed by atoms with Crippen molar-refractivity contribution in [3.05, 3.63) is 93.1 Å². The van der Waals surface area contributed by atoms with Gasteiger partial charge >= 0.3 is 6.18 Å². The number of hydrogen-bond donors (Lipinski definition) is 1. The topological polar surface area (TPSA) is 60.3 Å². The number of carbonyl (C=O) groups is 2. The van der Waals surface area contributed by atoms with Crippen LogP contribution in [0.5, 0.6) is 5.75 Å². The molecule has 10 heteroatoms. The van der Waals surface area contributed by atoms with Crippen molar-refractivity contribution in [3.8, 4) is 5.75 Å². The Labute approximate surface area is 214 Å². The molecule has 186 valence electrons. The predicted octanol–water partition coefficient (Wildman–Crippen LogP) is 7.15. The van der Waals surface area contributed by atoms with E-state index in [2.05, 4.69) is 5.32 Å². The Morgan fingerprint density at radius 2 is 1.78 bits per heavy atom. The number of ether oxygens (including phenoxy) is 1. The minimum atomic E-state index is -4.95. The zero-order valence-corrected chi connectivity index (χ0v) is 20.6. The van der Waals surface area contributed by atoms with Crippen molar-refractivity contribution in [2.75, 3.05) is 12.4 Å². The van der Waals surface area contributed by atoms with Crippen LogP contribution in [-0.2, 0) is 17.5 Å². The van der Waals surface area contributed by atoms with Crippen molar-refractivity contribution in [2.45, 2.75) is 19.6 Å². The number of Topliss-reactive ketones (excluding diaryl/α,β-unsaturated/α-hetero) is 1. The summed E-state index contributed by atoms with van der Waals surface area (Å²) < 4.78 is 49.5. The van der Waals surface area contributed by atoms with E-state index in [1.165, 1.54) is 49.6 Å². The van der Waals surface area contributed by atoms with Gasteiger partial charge in [0.1, 0.15) is 11.4 Å². The number of fused-ring (bicyclic) bond motifs is 1. The van der Waals surface area contributed by atoms with Crippen molar-refractivity contribution >= 4 is 51.5 Å². The molecule has 0 bridgehead atoms. The highest BCUT2D eigenvalue weighted by molar-refractivity contribution is 6.48. The van der Waals surface area contributed by atoms with Crippen LogP contribution < -0.4 is 10.1 Å². The fraction of sp³-hybridized carbons (Fsp3) is 0.154. The number of carbonyl (C=O) groups excluding carboxylic acids is 2. The van der Waals surface area contributed by atoms with Crippen LogP contribution in [0.1, 0.15) is 27.2 Å². The molecule has 4 aromatic rings. The number of amides is 1. The van der Waals surface area contributed by atoms with Gasteiger partial charge in [0.05, 0.1) is 12.7 Å². The van der Waals surface area contributed by atoms with Gasteiger partial charge in [0, 0.05) is 39.2 Å². The van der Waals surface area contributed by atoms with Gasteiger partial charge < -0.3 is 14.6 Å². The van der Waals surface area contributed by atoms with E-state index >= 15 is 0 Å². The van der Waals surface area contributed by atoms with Crippen molar-refractivity contribution in [1.82, 2.24) is 4.57 Å². The van der Waals surface area contributed by atoms with E-state index in [1.54, 1.807) is 25.1 Å². The van der Waals surface area contributed by atoms with Crippen molar-refractivity contribution < 1.29 is 27.5 Å². The second-order valence-electron chi connectivity index (χ2n) is 8.08. The molecule has 0 aliphatic heterocycles. The van der Waals surface area contributed by atoms with Crippen LogP contribution in [0.3, 0.4) is 0 Å². The predicted molar refractivity (Wildman–Crippen MR) is 133 cm³/mol. The Bertz CT molecular complexity index is 1500. The van der Waals surface area contributed by atoms with E-state index in [0.29, 0.717) is 21.9 Å². The highest BCUT2D eigenvalue weighted by Crippen LogP contribution is 2.40. The molecule has 1 heterocycles. The van der Waals surface area contributed by atoms with Crippen LogP contribution in [0.2, 0.25) is 10.0 Å². The summed E-state index contributed by atoms with van der Waals surface area (Å²) in [5.74, 6) is -2.12. The summed E-state index contributed by atoms with van der Waals surface area (Å²) >= 11 is 12.2. The number of benzene rings is 3. The van der Waals surface area contributed by atoms with Crippen molar-refractivity contribution in [3.63, 3.8) is 0 Å². The summed E-state index contributed by atoms with van der Waals surface area (Å²) in [6.45, 7) is 1.39. The maximum Gasteiger partial charge on any atom is 0.432 e. The first-order valence-corrected chi connectivity index (χ1v) is 11.4. The molecular formula is C26H19Cl2F3N2O3. The SMILES string of the molecule is COc1cccc(NC(=O)C(=O)c2c(C(F)(F)F)n(Cc3ccc(Cl)cc3Cl)c3ccc(C)cc23)c1. The van der Waals surface area contributed by atoms with E-state index in [-0.39, 0.29) is 28.2 Å². The molecule has 0 radical (unpaired) electrons.